The molecule has 0 aliphatic carbocycles. The summed E-state index contributed by atoms with van der Waals surface area (Å²) >= 11 is 0. The standard InChI is InChI=1S/C19H25N5O/c1-15-20-21-18-14-23(10-11-24(15)18)19(25)17-8-5-9-22(13-17)12-16-6-3-2-4-7-16/h2-4,6-7,17H,5,8-14H2,1H3/t17-/m0/s1. The molecule has 4 rings (SSSR count). The number of aryl methyl sites for hydroxylation is 1. The van der Waals surface area contributed by atoms with Crippen molar-refractivity contribution in [2.24, 2.45) is 5.92 Å². The number of hydrogen-bond acceptors (Lipinski definition) is 4. The molecule has 1 aromatic heterocycles. The molecule has 1 amide bonds. The van der Waals surface area contributed by atoms with Gasteiger partial charge in [-0.1, -0.05) is 30.3 Å². The minimum absolute atomic E-state index is 0.105. The molecule has 0 unspecified atom stereocenters. The molecule has 0 bridgehead atoms. The lowest BCUT2D eigenvalue weighted by molar-refractivity contribution is -0.139. The zero-order chi connectivity index (χ0) is 17.2. The highest BCUT2D eigenvalue weighted by atomic mass is 16.2. The fourth-order valence-electron chi connectivity index (χ4n) is 3.99. The number of amides is 1. The topological polar surface area (TPSA) is 54.3 Å². The third kappa shape index (κ3) is 3.44. The Labute approximate surface area is 148 Å². The molecular weight excluding hydrogens is 314 g/mol. The molecule has 1 aromatic carbocycles. The molecule has 1 atom stereocenters. The van der Waals surface area contributed by atoms with E-state index in [-0.39, 0.29) is 11.8 Å². The van der Waals surface area contributed by atoms with Crippen LogP contribution in [-0.4, -0.2) is 50.1 Å². The Morgan fingerprint density at radius 3 is 2.84 bits per heavy atom. The van der Waals surface area contributed by atoms with Crippen molar-refractivity contribution in [1.82, 2.24) is 24.6 Å². The molecule has 3 heterocycles. The molecule has 0 spiro atoms. The van der Waals surface area contributed by atoms with Gasteiger partial charge in [-0.05, 0) is 31.9 Å². The molecule has 0 radical (unpaired) electrons. The van der Waals surface area contributed by atoms with E-state index in [0.717, 1.165) is 57.2 Å². The van der Waals surface area contributed by atoms with Crippen molar-refractivity contribution in [2.75, 3.05) is 19.6 Å². The molecular formula is C19H25N5O. The Bertz CT molecular complexity index is 742. The minimum Gasteiger partial charge on any atom is -0.333 e. The van der Waals surface area contributed by atoms with Gasteiger partial charge < -0.3 is 9.47 Å². The van der Waals surface area contributed by atoms with E-state index in [0.29, 0.717) is 6.54 Å². The third-order valence-corrected chi connectivity index (χ3v) is 5.35. The van der Waals surface area contributed by atoms with Crippen molar-refractivity contribution in [3.8, 4) is 0 Å². The van der Waals surface area contributed by atoms with Crippen LogP contribution in [0.1, 0.15) is 30.1 Å². The first-order valence-electron chi connectivity index (χ1n) is 9.14. The number of piperidine rings is 1. The smallest absolute Gasteiger partial charge is 0.227 e. The molecule has 2 aliphatic rings. The van der Waals surface area contributed by atoms with Gasteiger partial charge in [0.05, 0.1) is 12.5 Å². The molecule has 132 valence electrons. The lowest BCUT2D eigenvalue weighted by atomic mass is 9.95. The highest BCUT2D eigenvalue weighted by Crippen LogP contribution is 2.23. The Kier molecular flexibility index (Phi) is 4.53. The number of rotatable bonds is 3. The van der Waals surface area contributed by atoms with Crippen molar-refractivity contribution in [1.29, 1.82) is 0 Å². The van der Waals surface area contributed by atoms with Crippen molar-refractivity contribution in [3.05, 3.63) is 47.5 Å². The molecule has 6 heteroatoms. The summed E-state index contributed by atoms with van der Waals surface area (Å²) in [7, 11) is 0. The summed E-state index contributed by atoms with van der Waals surface area (Å²) < 4.78 is 2.12. The van der Waals surface area contributed by atoms with Crippen LogP contribution in [0, 0.1) is 12.8 Å². The largest absolute Gasteiger partial charge is 0.333 e. The van der Waals surface area contributed by atoms with E-state index in [4.69, 9.17) is 0 Å². The van der Waals surface area contributed by atoms with Crippen LogP contribution < -0.4 is 0 Å². The van der Waals surface area contributed by atoms with E-state index in [1.54, 1.807) is 0 Å². The third-order valence-electron chi connectivity index (χ3n) is 5.35. The number of carbonyl (C=O) groups is 1. The van der Waals surface area contributed by atoms with E-state index in [1.165, 1.54) is 5.56 Å². The fraction of sp³-hybridized carbons (Fsp3) is 0.526. The summed E-state index contributed by atoms with van der Waals surface area (Å²) in [6, 6.07) is 10.5. The number of aromatic nitrogens is 3. The molecule has 2 aromatic rings. The number of likely N-dealkylation sites (tertiary alicyclic amines) is 1. The van der Waals surface area contributed by atoms with Crippen LogP contribution in [-0.2, 0) is 24.4 Å². The SMILES string of the molecule is Cc1nnc2n1CCN(C(=O)[C@H]1CCCN(Cc3ccccc3)C1)C2. The van der Waals surface area contributed by atoms with Gasteiger partial charge in [0.15, 0.2) is 5.82 Å². The number of hydrogen-bond donors (Lipinski definition) is 0. The van der Waals surface area contributed by atoms with Crippen molar-refractivity contribution in [3.63, 3.8) is 0 Å². The van der Waals surface area contributed by atoms with Gasteiger partial charge in [0.2, 0.25) is 5.91 Å². The first-order valence-corrected chi connectivity index (χ1v) is 9.14. The maximum atomic E-state index is 13.0. The first-order chi connectivity index (χ1) is 12.2. The van der Waals surface area contributed by atoms with Crippen LogP contribution >= 0.6 is 0 Å². The Morgan fingerprint density at radius 2 is 2.00 bits per heavy atom. The first kappa shape index (κ1) is 16.3. The van der Waals surface area contributed by atoms with Crippen LogP contribution in [0.3, 0.4) is 0 Å². The second kappa shape index (κ2) is 6.96. The molecule has 2 aliphatic heterocycles. The average Bonchev–Trinajstić information content (AvgIpc) is 3.02. The molecule has 0 saturated carbocycles. The van der Waals surface area contributed by atoms with Crippen LogP contribution in [0.4, 0.5) is 0 Å². The van der Waals surface area contributed by atoms with Gasteiger partial charge in [-0.25, -0.2) is 0 Å². The summed E-state index contributed by atoms with van der Waals surface area (Å²) in [5.41, 5.74) is 1.32. The van der Waals surface area contributed by atoms with Gasteiger partial charge in [0.1, 0.15) is 5.82 Å². The zero-order valence-corrected chi connectivity index (χ0v) is 14.8. The van der Waals surface area contributed by atoms with Crippen LogP contribution in [0.5, 0.6) is 0 Å². The summed E-state index contributed by atoms with van der Waals surface area (Å²) in [4.78, 5) is 17.4. The van der Waals surface area contributed by atoms with Gasteiger partial charge in [-0.3, -0.25) is 9.69 Å². The maximum Gasteiger partial charge on any atom is 0.227 e. The molecule has 6 nitrogen and oxygen atoms in total. The molecule has 0 N–H and O–H groups in total. The quantitative estimate of drug-likeness (QED) is 0.856. The fourth-order valence-corrected chi connectivity index (χ4v) is 3.99. The van der Waals surface area contributed by atoms with Gasteiger partial charge in [-0.2, -0.15) is 0 Å². The monoisotopic (exact) mass is 339 g/mol. The lowest BCUT2D eigenvalue weighted by Crippen LogP contribution is -2.47. The second-order valence-electron chi connectivity index (χ2n) is 7.13. The number of nitrogens with zero attached hydrogens (tertiary/aromatic N) is 5. The predicted molar refractivity (Wildman–Crippen MR) is 94.6 cm³/mol. The number of fused-ring (bicyclic) bond motifs is 1. The molecule has 1 saturated heterocycles. The Hall–Kier alpha value is -2.21. The summed E-state index contributed by atoms with van der Waals surface area (Å²) in [5, 5.41) is 8.34. The zero-order valence-electron chi connectivity index (χ0n) is 14.8. The van der Waals surface area contributed by atoms with Gasteiger partial charge in [-0.15, -0.1) is 10.2 Å². The van der Waals surface area contributed by atoms with Crippen LogP contribution in [0.25, 0.3) is 0 Å². The number of benzene rings is 1. The lowest BCUT2D eigenvalue weighted by Gasteiger charge is -2.36. The van der Waals surface area contributed by atoms with Gasteiger partial charge in [0.25, 0.3) is 0 Å². The normalized spacial score (nSPS) is 21.2. The highest BCUT2D eigenvalue weighted by Gasteiger charge is 2.31. The van der Waals surface area contributed by atoms with Crippen LogP contribution in [0.2, 0.25) is 0 Å². The van der Waals surface area contributed by atoms with Crippen molar-refractivity contribution < 1.29 is 4.79 Å². The van der Waals surface area contributed by atoms with E-state index < -0.39 is 0 Å². The van der Waals surface area contributed by atoms with E-state index in [1.807, 2.05) is 17.9 Å². The molecule has 1 fully saturated rings. The minimum atomic E-state index is 0.105. The predicted octanol–water partition coefficient (Wildman–Crippen LogP) is 1.84. The second-order valence-corrected chi connectivity index (χ2v) is 7.13. The van der Waals surface area contributed by atoms with Crippen molar-refractivity contribution >= 4 is 5.91 Å². The highest BCUT2D eigenvalue weighted by molar-refractivity contribution is 5.79. The van der Waals surface area contributed by atoms with Gasteiger partial charge in [0, 0.05) is 26.2 Å². The number of carbonyl (C=O) groups excluding carboxylic acids is 1. The summed E-state index contributed by atoms with van der Waals surface area (Å²) in [6.45, 7) is 6.99. The van der Waals surface area contributed by atoms with E-state index in [2.05, 4.69) is 43.9 Å². The maximum absolute atomic E-state index is 13.0. The summed E-state index contributed by atoms with van der Waals surface area (Å²) in [5.74, 6) is 2.24. The van der Waals surface area contributed by atoms with Crippen LogP contribution in [0.15, 0.2) is 30.3 Å². The van der Waals surface area contributed by atoms with E-state index >= 15 is 0 Å². The van der Waals surface area contributed by atoms with E-state index in [9.17, 15) is 4.79 Å². The Morgan fingerprint density at radius 1 is 1.16 bits per heavy atom. The molecule has 25 heavy (non-hydrogen) atoms. The van der Waals surface area contributed by atoms with Gasteiger partial charge >= 0.3 is 0 Å². The van der Waals surface area contributed by atoms with Crippen molar-refractivity contribution in [2.45, 2.75) is 39.4 Å². The Balaban J connectivity index is 1.39. The average molecular weight is 339 g/mol. The summed E-state index contributed by atoms with van der Waals surface area (Å²) in [6.07, 6.45) is 2.08.